The van der Waals surface area contributed by atoms with Crippen LogP contribution in [0.25, 0.3) is 0 Å². The molecule has 0 radical (unpaired) electrons. The Morgan fingerprint density at radius 3 is 2.34 bits per heavy atom. The lowest BCUT2D eigenvalue weighted by Crippen LogP contribution is -2.42. The van der Waals surface area contributed by atoms with Gasteiger partial charge < -0.3 is 4.90 Å². The van der Waals surface area contributed by atoms with Gasteiger partial charge in [-0.2, -0.15) is 13.2 Å². The Balaban J connectivity index is 1.66. The Morgan fingerprint density at radius 2 is 1.74 bits per heavy atom. The second-order valence-corrected chi connectivity index (χ2v) is 13.1. The number of sulfonamides is 1. The summed E-state index contributed by atoms with van der Waals surface area (Å²) in [6.45, 7) is 5.45. The highest BCUT2D eigenvalue weighted by molar-refractivity contribution is 9.10. The molecule has 1 aliphatic heterocycles. The molecule has 0 unspecified atom stereocenters. The van der Waals surface area contributed by atoms with Gasteiger partial charge in [0.15, 0.2) is 0 Å². The van der Waals surface area contributed by atoms with Crippen LogP contribution >= 0.6 is 15.9 Å². The first-order chi connectivity index (χ1) is 16.1. The molecule has 4 rings (SSSR count). The molecular weight excluding hydrogens is 545 g/mol. The smallest absolute Gasteiger partial charge is 0.307 e. The minimum atomic E-state index is -4.22. The Labute approximate surface area is 212 Å². The van der Waals surface area contributed by atoms with Gasteiger partial charge in [-0.1, -0.05) is 22.0 Å². The van der Waals surface area contributed by atoms with Gasteiger partial charge in [-0.25, -0.2) is 13.1 Å². The highest BCUT2D eigenvalue weighted by Crippen LogP contribution is 2.53. The minimum Gasteiger partial charge on any atom is -0.307 e. The van der Waals surface area contributed by atoms with Gasteiger partial charge in [-0.3, -0.25) is 4.79 Å². The summed E-state index contributed by atoms with van der Waals surface area (Å²) in [5.74, 6) is -1.71. The number of rotatable bonds is 3. The second-order valence-electron chi connectivity index (χ2n) is 10.5. The van der Waals surface area contributed by atoms with E-state index in [4.69, 9.17) is 0 Å². The lowest BCUT2D eigenvalue weighted by molar-refractivity contribution is -0.184. The standard InChI is InChI=1S/C25H28BrF3N2O3S/c1-23(2,3)30-35(33,34)19-6-4-5-16(13-19)22(32)31-15-24(20-14-18(26)7-8-21(20)31)11-9-17(10-12-24)25(27,28)29/h4-8,13-14,17,30H,9-12,15H2,1-3H3/t17-,24+. The SMILES string of the molecule is CC(C)(C)NS(=O)(=O)c1cccc(C(=O)N2C[C@]3(CC[C@H](C(F)(F)F)CC3)c3cc(Br)ccc32)c1. The molecular formula is C25H28BrF3N2O3S. The van der Waals surface area contributed by atoms with Crippen molar-refractivity contribution in [2.24, 2.45) is 5.92 Å². The molecule has 1 spiro atoms. The first kappa shape index (κ1) is 26.2. The summed E-state index contributed by atoms with van der Waals surface area (Å²) >= 11 is 3.46. The molecule has 10 heteroatoms. The molecule has 1 N–H and O–H groups in total. The summed E-state index contributed by atoms with van der Waals surface area (Å²) in [6, 6.07) is 11.3. The molecule has 0 bridgehead atoms. The molecule has 2 aromatic rings. The molecule has 1 heterocycles. The number of hydrogen-bond donors (Lipinski definition) is 1. The lowest BCUT2D eigenvalue weighted by atomic mass is 9.67. The van der Waals surface area contributed by atoms with Crippen LogP contribution in [0.3, 0.4) is 0 Å². The van der Waals surface area contributed by atoms with Gasteiger partial charge in [-0.15, -0.1) is 0 Å². The number of amides is 1. The fourth-order valence-electron chi connectivity index (χ4n) is 5.16. The zero-order chi connectivity index (χ0) is 25.8. The second kappa shape index (κ2) is 8.88. The first-order valence-electron chi connectivity index (χ1n) is 11.4. The van der Waals surface area contributed by atoms with Crippen molar-refractivity contribution in [3.63, 3.8) is 0 Å². The minimum absolute atomic E-state index is 0.0175. The van der Waals surface area contributed by atoms with Crippen LogP contribution in [-0.4, -0.2) is 32.6 Å². The lowest BCUT2D eigenvalue weighted by Gasteiger charge is -2.38. The van der Waals surface area contributed by atoms with Crippen LogP contribution in [0.5, 0.6) is 0 Å². The fraction of sp³-hybridized carbons (Fsp3) is 0.480. The third kappa shape index (κ3) is 5.29. The van der Waals surface area contributed by atoms with Crippen LogP contribution in [0.1, 0.15) is 62.4 Å². The van der Waals surface area contributed by atoms with Crippen molar-refractivity contribution in [1.29, 1.82) is 0 Å². The van der Waals surface area contributed by atoms with Crippen molar-refractivity contribution in [2.75, 3.05) is 11.4 Å². The summed E-state index contributed by atoms with van der Waals surface area (Å²) < 4.78 is 68.9. The van der Waals surface area contributed by atoms with E-state index in [0.29, 0.717) is 18.5 Å². The van der Waals surface area contributed by atoms with Gasteiger partial charge in [0.25, 0.3) is 5.91 Å². The molecule has 2 aliphatic rings. The molecule has 0 atom stereocenters. The number of carbonyl (C=O) groups excluding carboxylic acids is 1. The number of nitrogens with one attached hydrogen (secondary N) is 1. The maximum absolute atomic E-state index is 13.6. The van der Waals surface area contributed by atoms with E-state index in [2.05, 4.69) is 20.7 Å². The predicted molar refractivity (Wildman–Crippen MR) is 132 cm³/mol. The van der Waals surface area contributed by atoms with Crippen LogP contribution in [-0.2, 0) is 15.4 Å². The largest absolute Gasteiger partial charge is 0.391 e. The molecule has 1 fully saturated rings. The highest BCUT2D eigenvalue weighted by Gasteiger charge is 2.51. The monoisotopic (exact) mass is 572 g/mol. The zero-order valence-corrected chi connectivity index (χ0v) is 22.1. The number of nitrogens with zero attached hydrogens (tertiary/aromatic N) is 1. The summed E-state index contributed by atoms with van der Waals surface area (Å²) in [7, 11) is -3.84. The molecule has 5 nitrogen and oxygen atoms in total. The van der Waals surface area contributed by atoms with Crippen LogP contribution in [0.15, 0.2) is 51.8 Å². The molecule has 190 valence electrons. The van der Waals surface area contributed by atoms with Crippen LogP contribution in [0.4, 0.5) is 18.9 Å². The van der Waals surface area contributed by atoms with E-state index in [1.807, 2.05) is 6.07 Å². The average molecular weight is 573 g/mol. The van der Waals surface area contributed by atoms with Crippen LogP contribution < -0.4 is 9.62 Å². The number of anilines is 1. The van der Waals surface area contributed by atoms with Crippen molar-refractivity contribution in [3.8, 4) is 0 Å². The Hall–Kier alpha value is -1.91. The number of fused-ring (bicyclic) bond motifs is 2. The third-order valence-corrected chi connectivity index (χ3v) is 9.01. The maximum atomic E-state index is 13.6. The van der Waals surface area contributed by atoms with E-state index >= 15 is 0 Å². The van der Waals surface area contributed by atoms with Crippen molar-refractivity contribution < 1.29 is 26.4 Å². The van der Waals surface area contributed by atoms with Gasteiger partial charge in [0.2, 0.25) is 10.0 Å². The Kier molecular flexibility index (Phi) is 6.64. The molecule has 0 aromatic heterocycles. The summed E-state index contributed by atoms with van der Waals surface area (Å²) in [5, 5.41) is 0. The quantitative estimate of drug-likeness (QED) is 0.477. The van der Waals surface area contributed by atoms with Crippen LogP contribution in [0.2, 0.25) is 0 Å². The third-order valence-electron chi connectivity index (χ3n) is 6.76. The number of hydrogen-bond acceptors (Lipinski definition) is 3. The van der Waals surface area contributed by atoms with Gasteiger partial charge in [-0.05, 0) is 88.4 Å². The topological polar surface area (TPSA) is 66.5 Å². The maximum Gasteiger partial charge on any atom is 0.391 e. The van der Waals surface area contributed by atoms with Crippen LogP contribution in [0, 0.1) is 5.92 Å². The summed E-state index contributed by atoms with van der Waals surface area (Å²) in [6.07, 6.45) is -3.53. The van der Waals surface area contributed by atoms with Crippen molar-refractivity contribution in [1.82, 2.24) is 4.72 Å². The highest BCUT2D eigenvalue weighted by atomic mass is 79.9. The summed E-state index contributed by atoms with van der Waals surface area (Å²) in [5.41, 5.74) is 0.468. The van der Waals surface area contributed by atoms with Gasteiger partial charge in [0.05, 0.1) is 10.8 Å². The van der Waals surface area contributed by atoms with E-state index in [9.17, 15) is 26.4 Å². The Bertz CT molecular complexity index is 1250. The zero-order valence-electron chi connectivity index (χ0n) is 19.7. The Morgan fingerprint density at radius 1 is 1.09 bits per heavy atom. The van der Waals surface area contributed by atoms with E-state index in [0.717, 1.165) is 10.0 Å². The molecule has 1 amide bonds. The number of benzene rings is 2. The molecule has 0 saturated heterocycles. The summed E-state index contributed by atoms with van der Waals surface area (Å²) in [4.78, 5) is 15.2. The molecule has 1 saturated carbocycles. The van der Waals surface area contributed by atoms with Crippen molar-refractivity contribution in [2.45, 2.75) is 68.5 Å². The average Bonchev–Trinajstić information content (AvgIpc) is 3.04. The van der Waals surface area contributed by atoms with Gasteiger partial charge in [0.1, 0.15) is 0 Å². The molecule has 2 aromatic carbocycles. The molecule has 1 aliphatic carbocycles. The predicted octanol–water partition coefficient (Wildman–Crippen LogP) is 6.18. The van der Waals surface area contributed by atoms with Crippen molar-refractivity contribution >= 4 is 37.5 Å². The number of halogens is 4. The number of alkyl halides is 3. The van der Waals surface area contributed by atoms with Gasteiger partial charge in [0, 0.05) is 33.2 Å². The van der Waals surface area contributed by atoms with E-state index in [1.54, 1.807) is 43.9 Å². The fourth-order valence-corrected chi connectivity index (χ4v) is 6.99. The molecule has 35 heavy (non-hydrogen) atoms. The van der Waals surface area contributed by atoms with Gasteiger partial charge >= 0.3 is 6.18 Å². The van der Waals surface area contributed by atoms with E-state index in [1.165, 1.54) is 18.2 Å². The number of carbonyl (C=O) groups is 1. The van der Waals surface area contributed by atoms with E-state index < -0.39 is 33.1 Å². The first-order valence-corrected chi connectivity index (χ1v) is 13.7. The van der Waals surface area contributed by atoms with Crippen molar-refractivity contribution in [3.05, 3.63) is 58.1 Å². The van der Waals surface area contributed by atoms with E-state index in [-0.39, 0.29) is 35.8 Å². The normalized spacial score (nSPS) is 22.9.